The number of para-hydroxylation sites is 1. The minimum absolute atomic E-state index is 0.543. The average molecular weight is 273 g/mol. The van der Waals surface area contributed by atoms with Crippen molar-refractivity contribution in [2.45, 2.75) is 25.3 Å². The van der Waals surface area contributed by atoms with E-state index in [9.17, 15) is 0 Å². The van der Waals surface area contributed by atoms with E-state index < -0.39 is 0 Å². The van der Waals surface area contributed by atoms with E-state index in [0.717, 1.165) is 6.42 Å². The van der Waals surface area contributed by atoms with Crippen molar-refractivity contribution in [3.63, 3.8) is 0 Å². The summed E-state index contributed by atoms with van der Waals surface area (Å²) in [6.07, 6.45) is 3.50. The van der Waals surface area contributed by atoms with E-state index >= 15 is 0 Å². The molecule has 0 heterocycles. The quantitative estimate of drug-likeness (QED) is 0.706. The first-order valence-corrected chi connectivity index (χ1v) is 7.71. The Morgan fingerprint density at radius 2 is 1.43 bits per heavy atom. The summed E-state index contributed by atoms with van der Waals surface area (Å²) in [4.78, 5) is 0. The summed E-state index contributed by atoms with van der Waals surface area (Å²) >= 11 is 0. The standard InChI is InChI=1S/C20H19N/c1-2-8-19(9-3-1)21-20-11-10-17-12-15-6-4-5-7-16(15)13-18(17)14-20/h1-9,12-13,20-21H,10-11,14H2. The first-order chi connectivity index (χ1) is 10.4. The highest BCUT2D eigenvalue weighted by molar-refractivity contribution is 5.84. The molecule has 0 aliphatic heterocycles. The summed E-state index contributed by atoms with van der Waals surface area (Å²) < 4.78 is 0. The van der Waals surface area contributed by atoms with Crippen molar-refractivity contribution in [2.24, 2.45) is 0 Å². The number of benzene rings is 3. The van der Waals surface area contributed by atoms with Gasteiger partial charge in [-0.2, -0.15) is 0 Å². The summed E-state index contributed by atoms with van der Waals surface area (Å²) in [6.45, 7) is 0. The number of rotatable bonds is 2. The van der Waals surface area contributed by atoms with Gasteiger partial charge in [-0.05, 0) is 53.3 Å². The molecule has 0 fully saturated rings. The Morgan fingerprint density at radius 1 is 0.762 bits per heavy atom. The van der Waals surface area contributed by atoms with Gasteiger partial charge in [-0.1, -0.05) is 54.6 Å². The van der Waals surface area contributed by atoms with Gasteiger partial charge in [0.2, 0.25) is 0 Å². The zero-order valence-corrected chi connectivity index (χ0v) is 12.0. The average Bonchev–Trinajstić information content (AvgIpc) is 2.54. The molecule has 4 rings (SSSR count). The number of hydrogen-bond donors (Lipinski definition) is 1. The highest BCUT2D eigenvalue weighted by atomic mass is 14.9. The molecule has 1 unspecified atom stereocenters. The smallest absolute Gasteiger partial charge is 0.0342 e. The zero-order chi connectivity index (χ0) is 14.1. The molecule has 0 radical (unpaired) electrons. The van der Waals surface area contributed by atoms with Crippen LogP contribution in [0.3, 0.4) is 0 Å². The molecule has 21 heavy (non-hydrogen) atoms. The van der Waals surface area contributed by atoms with Crippen molar-refractivity contribution in [3.8, 4) is 0 Å². The molecule has 0 saturated carbocycles. The second-order valence-corrected chi connectivity index (χ2v) is 5.92. The molecule has 0 spiro atoms. The maximum atomic E-state index is 3.67. The van der Waals surface area contributed by atoms with Gasteiger partial charge in [0.05, 0.1) is 0 Å². The van der Waals surface area contributed by atoms with Crippen molar-refractivity contribution in [3.05, 3.63) is 77.9 Å². The summed E-state index contributed by atoms with van der Waals surface area (Å²) in [6, 6.07) is 24.5. The van der Waals surface area contributed by atoms with Gasteiger partial charge in [0.1, 0.15) is 0 Å². The van der Waals surface area contributed by atoms with Crippen LogP contribution in [-0.2, 0) is 12.8 Å². The molecule has 1 aliphatic rings. The SMILES string of the molecule is c1ccc(NC2CCc3cc4ccccc4cc3C2)cc1. The lowest BCUT2D eigenvalue weighted by atomic mass is 9.86. The van der Waals surface area contributed by atoms with Crippen molar-refractivity contribution < 1.29 is 0 Å². The zero-order valence-electron chi connectivity index (χ0n) is 12.0. The van der Waals surface area contributed by atoms with Crippen LogP contribution in [0.4, 0.5) is 5.69 Å². The molecule has 0 amide bonds. The third kappa shape index (κ3) is 2.52. The molecule has 1 atom stereocenters. The molecule has 3 aromatic carbocycles. The number of fused-ring (bicyclic) bond motifs is 2. The minimum Gasteiger partial charge on any atom is -0.382 e. The maximum Gasteiger partial charge on any atom is 0.0342 e. The third-order valence-corrected chi connectivity index (χ3v) is 4.44. The number of hydrogen-bond acceptors (Lipinski definition) is 1. The molecule has 1 nitrogen and oxygen atoms in total. The van der Waals surface area contributed by atoms with Gasteiger partial charge in [-0.3, -0.25) is 0 Å². The lowest BCUT2D eigenvalue weighted by Gasteiger charge is -2.27. The largest absolute Gasteiger partial charge is 0.382 e. The normalized spacial score (nSPS) is 17.4. The molecule has 0 bridgehead atoms. The lowest BCUT2D eigenvalue weighted by molar-refractivity contribution is 0.612. The van der Waals surface area contributed by atoms with Crippen LogP contribution >= 0.6 is 0 Å². The fraction of sp³-hybridized carbons (Fsp3) is 0.200. The van der Waals surface area contributed by atoms with Gasteiger partial charge in [-0.15, -0.1) is 0 Å². The third-order valence-electron chi connectivity index (χ3n) is 4.44. The fourth-order valence-corrected chi connectivity index (χ4v) is 3.35. The van der Waals surface area contributed by atoms with E-state index in [1.54, 1.807) is 0 Å². The number of nitrogens with one attached hydrogen (secondary N) is 1. The van der Waals surface area contributed by atoms with Crippen molar-refractivity contribution in [1.82, 2.24) is 0 Å². The maximum absolute atomic E-state index is 3.67. The Labute approximate surface area is 125 Å². The van der Waals surface area contributed by atoms with Gasteiger partial charge in [0.25, 0.3) is 0 Å². The first kappa shape index (κ1) is 12.5. The number of anilines is 1. The van der Waals surface area contributed by atoms with E-state index in [2.05, 4.69) is 72.0 Å². The van der Waals surface area contributed by atoms with E-state index in [0.29, 0.717) is 6.04 Å². The highest BCUT2D eigenvalue weighted by Gasteiger charge is 2.18. The Hall–Kier alpha value is -2.28. The summed E-state index contributed by atoms with van der Waals surface area (Å²) in [5.74, 6) is 0. The number of aryl methyl sites for hydroxylation is 1. The molecular weight excluding hydrogens is 254 g/mol. The predicted molar refractivity (Wildman–Crippen MR) is 89.8 cm³/mol. The van der Waals surface area contributed by atoms with Crippen LogP contribution in [0.25, 0.3) is 10.8 Å². The van der Waals surface area contributed by atoms with Crippen LogP contribution in [0.1, 0.15) is 17.5 Å². The van der Waals surface area contributed by atoms with Gasteiger partial charge in [0.15, 0.2) is 0 Å². The monoisotopic (exact) mass is 273 g/mol. The highest BCUT2D eigenvalue weighted by Crippen LogP contribution is 2.28. The van der Waals surface area contributed by atoms with E-state index in [-0.39, 0.29) is 0 Å². The van der Waals surface area contributed by atoms with Crippen LogP contribution in [0.5, 0.6) is 0 Å². The van der Waals surface area contributed by atoms with E-state index in [4.69, 9.17) is 0 Å². The lowest BCUT2D eigenvalue weighted by Crippen LogP contribution is -2.27. The first-order valence-electron chi connectivity index (χ1n) is 7.71. The topological polar surface area (TPSA) is 12.0 Å². The van der Waals surface area contributed by atoms with Crippen molar-refractivity contribution in [1.29, 1.82) is 0 Å². The molecule has 0 aromatic heterocycles. The molecular formula is C20H19N. The van der Waals surface area contributed by atoms with E-state index in [1.165, 1.54) is 40.4 Å². The second-order valence-electron chi connectivity index (χ2n) is 5.92. The molecule has 0 saturated heterocycles. The van der Waals surface area contributed by atoms with Crippen LogP contribution in [-0.4, -0.2) is 6.04 Å². The van der Waals surface area contributed by atoms with Crippen molar-refractivity contribution in [2.75, 3.05) is 5.32 Å². The summed E-state index contributed by atoms with van der Waals surface area (Å²) in [7, 11) is 0. The second kappa shape index (κ2) is 5.25. The van der Waals surface area contributed by atoms with Crippen molar-refractivity contribution >= 4 is 16.5 Å². The molecule has 1 aliphatic carbocycles. The summed E-state index contributed by atoms with van der Waals surface area (Å²) in [5.41, 5.74) is 4.26. The Kier molecular flexibility index (Phi) is 3.11. The fourth-order valence-electron chi connectivity index (χ4n) is 3.35. The van der Waals surface area contributed by atoms with E-state index in [1.807, 2.05) is 0 Å². The van der Waals surface area contributed by atoms with Crippen LogP contribution < -0.4 is 5.32 Å². The Bertz CT molecular complexity index is 761. The van der Waals surface area contributed by atoms with Gasteiger partial charge >= 0.3 is 0 Å². The molecule has 104 valence electrons. The Morgan fingerprint density at radius 3 is 2.19 bits per heavy atom. The van der Waals surface area contributed by atoms with Crippen LogP contribution in [0, 0.1) is 0 Å². The Balaban J connectivity index is 1.61. The molecule has 3 aromatic rings. The predicted octanol–water partition coefficient (Wildman–Crippen LogP) is 4.81. The van der Waals surface area contributed by atoms with Gasteiger partial charge in [-0.25, -0.2) is 0 Å². The van der Waals surface area contributed by atoms with Crippen LogP contribution in [0.2, 0.25) is 0 Å². The summed E-state index contributed by atoms with van der Waals surface area (Å²) in [5, 5.41) is 6.39. The molecule has 1 N–H and O–H groups in total. The van der Waals surface area contributed by atoms with Crippen LogP contribution in [0.15, 0.2) is 66.7 Å². The van der Waals surface area contributed by atoms with Gasteiger partial charge in [0, 0.05) is 11.7 Å². The van der Waals surface area contributed by atoms with Gasteiger partial charge < -0.3 is 5.32 Å². The molecule has 1 heteroatoms. The minimum atomic E-state index is 0.543.